The summed E-state index contributed by atoms with van der Waals surface area (Å²) in [7, 11) is 0. The zero-order chi connectivity index (χ0) is 14.0. The molecule has 1 unspecified atom stereocenters. The van der Waals surface area contributed by atoms with Crippen LogP contribution in [0, 0.1) is 5.92 Å². The molecule has 0 aliphatic heterocycles. The number of aryl methyl sites for hydroxylation is 1. The minimum absolute atomic E-state index is 0.279. The van der Waals surface area contributed by atoms with Gasteiger partial charge in [0.05, 0.1) is 5.52 Å². The summed E-state index contributed by atoms with van der Waals surface area (Å²) in [6.45, 7) is 9.96. The van der Waals surface area contributed by atoms with Gasteiger partial charge < -0.3 is 9.73 Å². The zero-order valence-electron chi connectivity index (χ0n) is 12.1. The minimum atomic E-state index is -0.279. The molecular weight excluding hydrogens is 240 g/mol. The second-order valence-electron chi connectivity index (χ2n) is 5.12. The fourth-order valence-corrected chi connectivity index (χ4v) is 2.53. The Morgan fingerprint density at radius 1 is 1.32 bits per heavy atom. The highest BCUT2D eigenvalue weighted by Crippen LogP contribution is 2.25. The van der Waals surface area contributed by atoms with Gasteiger partial charge in [-0.05, 0) is 37.1 Å². The normalized spacial score (nSPS) is 13.3. The van der Waals surface area contributed by atoms with Crippen LogP contribution < -0.4 is 11.1 Å². The van der Waals surface area contributed by atoms with Crippen LogP contribution in [0.2, 0.25) is 0 Å². The van der Waals surface area contributed by atoms with Crippen LogP contribution in [0.15, 0.2) is 27.4 Å². The van der Waals surface area contributed by atoms with E-state index in [1.54, 1.807) is 4.57 Å². The molecule has 0 radical (unpaired) electrons. The SMILES string of the molecule is CCNC(c1ccc2c(c1)oc(=O)n2CC)C(C)C. The summed E-state index contributed by atoms with van der Waals surface area (Å²) in [5, 5.41) is 3.47. The number of fused-ring (bicyclic) bond motifs is 1. The summed E-state index contributed by atoms with van der Waals surface area (Å²) < 4.78 is 6.97. The molecule has 1 aromatic carbocycles. The zero-order valence-corrected chi connectivity index (χ0v) is 12.1. The highest BCUT2D eigenvalue weighted by atomic mass is 16.4. The maximum absolute atomic E-state index is 11.7. The molecule has 1 aromatic heterocycles. The Bertz CT molecular complexity index is 610. The first-order valence-electron chi connectivity index (χ1n) is 6.95. The molecule has 1 heterocycles. The van der Waals surface area contributed by atoms with Crippen LogP contribution in [0.25, 0.3) is 11.1 Å². The predicted octanol–water partition coefficient (Wildman–Crippen LogP) is 2.92. The first-order chi connectivity index (χ1) is 9.08. The summed E-state index contributed by atoms with van der Waals surface area (Å²) >= 11 is 0. The monoisotopic (exact) mass is 262 g/mol. The molecule has 0 amide bonds. The lowest BCUT2D eigenvalue weighted by molar-refractivity contribution is 0.421. The Balaban J connectivity index is 2.49. The highest BCUT2D eigenvalue weighted by molar-refractivity contribution is 5.74. The van der Waals surface area contributed by atoms with E-state index in [1.807, 2.05) is 19.1 Å². The van der Waals surface area contributed by atoms with Crippen LogP contribution in [0.4, 0.5) is 0 Å². The van der Waals surface area contributed by atoms with E-state index in [9.17, 15) is 4.79 Å². The molecule has 104 valence electrons. The molecule has 2 rings (SSSR count). The van der Waals surface area contributed by atoms with Crippen LogP contribution in [0.5, 0.6) is 0 Å². The second kappa shape index (κ2) is 5.61. The van der Waals surface area contributed by atoms with E-state index in [2.05, 4.69) is 32.2 Å². The third kappa shape index (κ3) is 2.59. The molecule has 1 N–H and O–H groups in total. The Hall–Kier alpha value is -1.55. The topological polar surface area (TPSA) is 47.2 Å². The largest absolute Gasteiger partial charge is 0.419 e. The molecule has 0 aliphatic rings. The van der Waals surface area contributed by atoms with E-state index in [4.69, 9.17) is 4.42 Å². The first-order valence-corrected chi connectivity index (χ1v) is 6.95. The molecule has 0 fully saturated rings. The van der Waals surface area contributed by atoms with Gasteiger partial charge in [-0.15, -0.1) is 0 Å². The Labute approximate surface area is 113 Å². The van der Waals surface area contributed by atoms with Gasteiger partial charge >= 0.3 is 5.76 Å². The lowest BCUT2D eigenvalue weighted by Crippen LogP contribution is -2.25. The van der Waals surface area contributed by atoms with Gasteiger partial charge in [0.15, 0.2) is 5.58 Å². The number of rotatable bonds is 5. The standard InChI is InChI=1S/C15H22N2O2/c1-5-16-14(10(3)4)11-7-8-12-13(9-11)19-15(18)17(12)6-2/h7-10,14,16H,5-6H2,1-4H3. The highest BCUT2D eigenvalue weighted by Gasteiger charge is 2.16. The average molecular weight is 262 g/mol. The summed E-state index contributed by atoms with van der Waals surface area (Å²) in [5.74, 6) is 0.205. The third-order valence-electron chi connectivity index (χ3n) is 3.46. The van der Waals surface area contributed by atoms with E-state index in [1.165, 1.54) is 5.56 Å². The third-order valence-corrected chi connectivity index (χ3v) is 3.46. The Morgan fingerprint density at radius 2 is 2.05 bits per heavy atom. The Morgan fingerprint density at radius 3 is 2.63 bits per heavy atom. The van der Waals surface area contributed by atoms with Crippen molar-refractivity contribution in [3.63, 3.8) is 0 Å². The summed E-state index contributed by atoms with van der Waals surface area (Å²) in [4.78, 5) is 11.7. The molecule has 0 bridgehead atoms. The molecular formula is C15H22N2O2. The van der Waals surface area contributed by atoms with E-state index in [0.717, 1.165) is 12.1 Å². The lowest BCUT2D eigenvalue weighted by atomic mass is 9.96. The predicted molar refractivity (Wildman–Crippen MR) is 77.4 cm³/mol. The van der Waals surface area contributed by atoms with Crippen molar-refractivity contribution in [2.24, 2.45) is 5.92 Å². The smallest absolute Gasteiger partial charge is 0.408 e. The number of nitrogens with zero attached hydrogens (tertiary/aromatic N) is 1. The van der Waals surface area contributed by atoms with Crippen molar-refractivity contribution in [2.75, 3.05) is 6.54 Å². The number of nitrogens with one attached hydrogen (secondary N) is 1. The van der Waals surface area contributed by atoms with E-state index in [0.29, 0.717) is 18.0 Å². The van der Waals surface area contributed by atoms with Crippen molar-refractivity contribution in [3.8, 4) is 0 Å². The summed E-state index contributed by atoms with van der Waals surface area (Å²) in [5.41, 5.74) is 2.71. The number of hydrogen-bond donors (Lipinski definition) is 1. The molecule has 0 saturated heterocycles. The van der Waals surface area contributed by atoms with Crippen molar-refractivity contribution >= 4 is 11.1 Å². The van der Waals surface area contributed by atoms with Crippen molar-refractivity contribution < 1.29 is 4.42 Å². The van der Waals surface area contributed by atoms with Gasteiger partial charge in [0.1, 0.15) is 0 Å². The van der Waals surface area contributed by atoms with Crippen LogP contribution in [0.3, 0.4) is 0 Å². The molecule has 1 atom stereocenters. The van der Waals surface area contributed by atoms with Crippen molar-refractivity contribution in [3.05, 3.63) is 34.3 Å². The Kier molecular flexibility index (Phi) is 4.10. The van der Waals surface area contributed by atoms with Crippen LogP contribution in [-0.4, -0.2) is 11.1 Å². The number of hydrogen-bond acceptors (Lipinski definition) is 3. The maximum Gasteiger partial charge on any atom is 0.419 e. The minimum Gasteiger partial charge on any atom is -0.408 e. The van der Waals surface area contributed by atoms with Crippen LogP contribution in [-0.2, 0) is 6.54 Å². The van der Waals surface area contributed by atoms with Gasteiger partial charge in [0, 0.05) is 12.6 Å². The molecule has 2 aromatic rings. The molecule has 4 heteroatoms. The van der Waals surface area contributed by atoms with Gasteiger partial charge in [-0.25, -0.2) is 4.79 Å². The molecule has 0 saturated carbocycles. The fourth-order valence-electron chi connectivity index (χ4n) is 2.53. The lowest BCUT2D eigenvalue weighted by Gasteiger charge is -2.22. The van der Waals surface area contributed by atoms with Gasteiger partial charge in [0.25, 0.3) is 0 Å². The van der Waals surface area contributed by atoms with E-state index in [-0.39, 0.29) is 11.8 Å². The summed E-state index contributed by atoms with van der Waals surface area (Å²) in [6, 6.07) is 6.32. The molecule has 19 heavy (non-hydrogen) atoms. The average Bonchev–Trinajstić information content (AvgIpc) is 2.69. The maximum atomic E-state index is 11.7. The fraction of sp³-hybridized carbons (Fsp3) is 0.533. The number of oxazole rings is 1. The summed E-state index contributed by atoms with van der Waals surface area (Å²) in [6.07, 6.45) is 0. The molecule has 0 aliphatic carbocycles. The number of aromatic nitrogens is 1. The van der Waals surface area contributed by atoms with Gasteiger partial charge in [-0.2, -0.15) is 0 Å². The van der Waals surface area contributed by atoms with E-state index < -0.39 is 0 Å². The van der Waals surface area contributed by atoms with Crippen LogP contribution >= 0.6 is 0 Å². The van der Waals surface area contributed by atoms with E-state index >= 15 is 0 Å². The van der Waals surface area contributed by atoms with Crippen molar-refractivity contribution in [1.29, 1.82) is 0 Å². The van der Waals surface area contributed by atoms with Gasteiger partial charge in [0.2, 0.25) is 0 Å². The second-order valence-corrected chi connectivity index (χ2v) is 5.12. The van der Waals surface area contributed by atoms with Crippen molar-refractivity contribution in [1.82, 2.24) is 9.88 Å². The molecule has 4 nitrogen and oxygen atoms in total. The van der Waals surface area contributed by atoms with Gasteiger partial charge in [-0.3, -0.25) is 4.57 Å². The number of benzene rings is 1. The first kappa shape index (κ1) is 13.9. The quantitative estimate of drug-likeness (QED) is 0.901. The van der Waals surface area contributed by atoms with Gasteiger partial charge in [-0.1, -0.05) is 26.8 Å². The van der Waals surface area contributed by atoms with Crippen LogP contribution in [0.1, 0.15) is 39.3 Å². The van der Waals surface area contributed by atoms with Crippen molar-refractivity contribution in [2.45, 2.75) is 40.3 Å². The molecule has 0 spiro atoms.